The molecule has 3 aromatic carbocycles. The van der Waals surface area contributed by atoms with Crippen molar-refractivity contribution < 1.29 is 31.3 Å². The van der Waals surface area contributed by atoms with Gasteiger partial charge in [0.15, 0.2) is 0 Å². The lowest BCUT2D eigenvalue weighted by Crippen LogP contribution is -2.36. The van der Waals surface area contributed by atoms with Crippen LogP contribution in [0.3, 0.4) is 0 Å². The molecule has 0 bridgehead atoms. The summed E-state index contributed by atoms with van der Waals surface area (Å²) < 4.78 is 53.6. The molecule has 0 saturated carbocycles. The zero-order valence-electron chi connectivity index (χ0n) is 19.3. The molecule has 0 radical (unpaired) electrons. The SMILES string of the molecule is COc1ccc(C(=O)N(Cc2ccc(OS(=O)(=O)c3ccc(F)cc3)cc2)C(C)C)c(OC)c1. The molecule has 0 aromatic heterocycles. The normalized spacial score (nSPS) is 11.2. The maximum absolute atomic E-state index is 13.3. The lowest BCUT2D eigenvalue weighted by atomic mass is 10.1. The fourth-order valence-electron chi connectivity index (χ4n) is 3.24. The Morgan fingerprint density at radius 1 is 0.912 bits per heavy atom. The first kappa shape index (κ1) is 25.0. The van der Waals surface area contributed by atoms with Crippen molar-refractivity contribution in [1.82, 2.24) is 4.90 Å². The third kappa shape index (κ3) is 5.85. The minimum absolute atomic E-state index is 0.104. The summed E-state index contributed by atoms with van der Waals surface area (Å²) in [5, 5.41) is 0. The molecular weight excluding hydrogens is 461 g/mol. The smallest absolute Gasteiger partial charge is 0.339 e. The van der Waals surface area contributed by atoms with Crippen molar-refractivity contribution in [2.24, 2.45) is 0 Å². The fourth-order valence-corrected chi connectivity index (χ4v) is 4.17. The van der Waals surface area contributed by atoms with Gasteiger partial charge < -0.3 is 18.6 Å². The second-order valence-corrected chi connectivity index (χ2v) is 9.27. The molecule has 3 rings (SSSR count). The molecule has 7 nitrogen and oxygen atoms in total. The van der Waals surface area contributed by atoms with Gasteiger partial charge in [-0.15, -0.1) is 0 Å². The highest BCUT2D eigenvalue weighted by Crippen LogP contribution is 2.27. The zero-order valence-corrected chi connectivity index (χ0v) is 20.1. The molecule has 34 heavy (non-hydrogen) atoms. The van der Waals surface area contributed by atoms with Crippen LogP contribution in [0.25, 0.3) is 0 Å². The molecule has 0 spiro atoms. The van der Waals surface area contributed by atoms with Crippen LogP contribution in [0.5, 0.6) is 17.2 Å². The van der Waals surface area contributed by atoms with Crippen LogP contribution < -0.4 is 13.7 Å². The molecule has 0 atom stereocenters. The average molecular weight is 488 g/mol. The second-order valence-electron chi connectivity index (χ2n) is 7.73. The number of carbonyl (C=O) groups is 1. The number of hydrogen-bond donors (Lipinski definition) is 0. The van der Waals surface area contributed by atoms with Crippen molar-refractivity contribution in [3.05, 3.63) is 83.7 Å². The topological polar surface area (TPSA) is 82.1 Å². The first-order chi connectivity index (χ1) is 16.1. The molecule has 0 aliphatic heterocycles. The van der Waals surface area contributed by atoms with E-state index < -0.39 is 15.9 Å². The molecule has 0 heterocycles. The quantitative estimate of drug-likeness (QED) is 0.408. The highest BCUT2D eigenvalue weighted by molar-refractivity contribution is 7.87. The summed E-state index contributed by atoms with van der Waals surface area (Å²) >= 11 is 0. The molecule has 180 valence electrons. The Bertz CT molecular complexity index is 1240. The monoisotopic (exact) mass is 487 g/mol. The number of halogens is 1. The molecule has 0 fully saturated rings. The van der Waals surface area contributed by atoms with E-state index >= 15 is 0 Å². The lowest BCUT2D eigenvalue weighted by molar-refractivity contribution is 0.0687. The largest absolute Gasteiger partial charge is 0.497 e. The highest BCUT2D eigenvalue weighted by Gasteiger charge is 2.23. The molecule has 0 saturated heterocycles. The summed E-state index contributed by atoms with van der Waals surface area (Å²) in [5.41, 5.74) is 1.18. The van der Waals surface area contributed by atoms with Crippen LogP contribution in [-0.2, 0) is 16.7 Å². The van der Waals surface area contributed by atoms with E-state index in [1.165, 1.54) is 26.4 Å². The van der Waals surface area contributed by atoms with Crippen LogP contribution in [-0.4, -0.2) is 39.5 Å². The molecule has 1 amide bonds. The standard InChI is InChI=1S/C25H26FNO6S/c1-17(2)27(25(28)23-14-11-21(31-3)15-24(23)32-4)16-18-5-9-20(10-6-18)33-34(29,30)22-12-7-19(26)8-13-22/h5-15,17H,16H2,1-4H3. The Balaban J connectivity index is 1.77. The maximum Gasteiger partial charge on any atom is 0.339 e. The number of rotatable bonds is 9. The molecule has 0 N–H and O–H groups in total. The molecular formula is C25H26FNO6S. The van der Waals surface area contributed by atoms with Gasteiger partial charge in [0.2, 0.25) is 0 Å². The Morgan fingerprint density at radius 3 is 2.09 bits per heavy atom. The summed E-state index contributed by atoms with van der Waals surface area (Å²) in [5.74, 6) is 0.335. The second kappa shape index (κ2) is 10.6. The minimum atomic E-state index is -4.10. The van der Waals surface area contributed by atoms with E-state index in [-0.39, 0.29) is 29.1 Å². The third-order valence-corrected chi connectivity index (χ3v) is 6.37. The molecule has 0 unspecified atom stereocenters. The Hall–Kier alpha value is -3.59. The lowest BCUT2D eigenvalue weighted by Gasteiger charge is -2.28. The zero-order chi connectivity index (χ0) is 24.9. The summed E-state index contributed by atoms with van der Waals surface area (Å²) in [4.78, 5) is 14.8. The number of amides is 1. The van der Waals surface area contributed by atoms with E-state index in [0.29, 0.717) is 17.1 Å². The number of nitrogens with zero attached hydrogens (tertiary/aromatic N) is 1. The van der Waals surface area contributed by atoms with Gasteiger partial charge in [-0.3, -0.25) is 4.79 Å². The van der Waals surface area contributed by atoms with E-state index in [1.54, 1.807) is 35.2 Å². The van der Waals surface area contributed by atoms with Crippen LogP contribution in [0.4, 0.5) is 4.39 Å². The number of benzene rings is 3. The first-order valence-corrected chi connectivity index (χ1v) is 11.9. The van der Waals surface area contributed by atoms with Crippen molar-refractivity contribution in [2.45, 2.75) is 31.3 Å². The van der Waals surface area contributed by atoms with Gasteiger partial charge >= 0.3 is 10.1 Å². The number of hydrogen-bond acceptors (Lipinski definition) is 6. The van der Waals surface area contributed by atoms with Crippen molar-refractivity contribution in [1.29, 1.82) is 0 Å². The Morgan fingerprint density at radius 2 is 1.53 bits per heavy atom. The van der Waals surface area contributed by atoms with Gasteiger partial charge in [0.05, 0.1) is 19.8 Å². The summed E-state index contributed by atoms with van der Waals surface area (Å²) in [7, 11) is -1.07. The third-order valence-electron chi connectivity index (χ3n) is 5.11. The Kier molecular flexibility index (Phi) is 7.78. The van der Waals surface area contributed by atoms with Crippen LogP contribution in [0.15, 0.2) is 71.6 Å². The highest BCUT2D eigenvalue weighted by atomic mass is 32.2. The number of carbonyl (C=O) groups excluding carboxylic acids is 1. The Labute approximate surface area is 198 Å². The van der Waals surface area contributed by atoms with E-state index in [1.807, 2.05) is 13.8 Å². The maximum atomic E-state index is 13.3. The summed E-state index contributed by atoms with van der Waals surface area (Å²) in [6.07, 6.45) is 0. The van der Waals surface area contributed by atoms with Crippen LogP contribution in [0.2, 0.25) is 0 Å². The van der Waals surface area contributed by atoms with E-state index in [2.05, 4.69) is 0 Å². The summed E-state index contributed by atoms with van der Waals surface area (Å²) in [6.45, 7) is 4.10. The van der Waals surface area contributed by atoms with Gasteiger partial charge in [-0.1, -0.05) is 12.1 Å². The van der Waals surface area contributed by atoms with Gasteiger partial charge in [-0.25, -0.2) is 4.39 Å². The van der Waals surface area contributed by atoms with Gasteiger partial charge in [-0.2, -0.15) is 8.42 Å². The molecule has 0 aliphatic rings. The van der Waals surface area contributed by atoms with Crippen LogP contribution in [0.1, 0.15) is 29.8 Å². The molecule has 3 aromatic rings. The van der Waals surface area contributed by atoms with E-state index in [0.717, 1.165) is 29.8 Å². The predicted molar refractivity (Wildman–Crippen MR) is 125 cm³/mol. The van der Waals surface area contributed by atoms with Crippen molar-refractivity contribution >= 4 is 16.0 Å². The van der Waals surface area contributed by atoms with E-state index in [4.69, 9.17) is 13.7 Å². The average Bonchev–Trinajstić information content (AvgIpc) is 2.82. The van der Waals surface area contributed by atoms with Crippen molar-refractivity contribution in [3.8, 4) is 17.2 Å². The van der Waals surface area contributed by atoms with E-state index in [9.17, 15) is 17.6 Å². The summed E-state index contributed by atoms with van der Waals surface area (Å²) in [6, 6.07) is 15.6. The van der Waals surface area contributed by atoms with Crippen molar-refractivity contribution in [3.63, 3.8) is 0 Å². The predicted octanol–water partition coefficient (Wildman–Crippen LogP) is 4.66. The molecule has 0 aliphatic carbocycles. The van der Waals surface area contributed by atoms with Crippen molar-refractivity contribution in [2.75, 3.05) is 14.2 Å². The van der Waals surface area contributed by atoms with Crippen LogP contribution >= 0.6 is 0 Å². The first-order valence-electron chi connectivity index (χ1n) is 10.5. The van der Waals surface area contributed by atoms with Gasteiger partial charge in [-0.05, 0) is 67.9 Å². The van der Waals surface area contributed by atoms with Gasteiger partial charge in [0, 0.05) is 18.7 Å². The van der Waals surface area contributed by atoms with Gasteiger partial charge in [0.25, 0.3) is 5.91 Å². The van der Waals surface area contributed by atoms with Gasteiger partial charge in [0.1, 0.15) is 28.0 Å². The molecule has 9 heteroatoms. The fraction of sp³-hybridized carbons (Fsp3) is 0.240. The number of methoxy groups -OCH3 is 2. The number of ether oxygens (including phenoxy) is 2. The van der Waals surface area contributed by atoms with Crippen LogP contribution in [0, 0.1) is 5.82 Å². The minimum Gasteiger partial charge on any atom is -0.497 e.